The van der Waals surface area contributed by atoms with Gasteiger partial charge in [0.15, 0.2) is 11.3 Å². The van der Waals surface area contributed by atoms with Crippen LogP contribution in [0.4, 0.5) is 13.2 Å². The summed E-state index contributed by atoms with van der Waals surface area (Å²) in [6.07, 6.45) is 2.62. The molecule has 0 aliphatic carbocycles. The Morgan fingerprint density at radius 1 is 1.18 bits per heavy atom. The second-order valence-corrected chi connectivity index (χ2v) is 8.07. The molecule has 0 aliphatic heterocycles. The molecule has 0 aliphatic rings. The average molecular weight is 500 g/mol. The van der Waals surface area contributed by atoms with Gasteiger partial charge in [0.2, 0.25) is 5.91 Å². The Morgan fingerprint density at radius 3 is 2.50 bits per heavy atom. The van der Waals surface area contributed by atoms with Crippen molar-refractivity contribution in [3.63, 3.8) is 0 Å². The van der Waals surface area contributed by atoms with Crippen LogP contribution in [0.2, 0.25) is 0 Å². The van der Waals surface area contributed by atoms with Gasteiger partial charge in [-0.15, -0.1) is 10.2 Å². The Hall–Kier alpha value is -3.32. The molecular formula is C21H28F3N7O2S. The second kappa shape index (κ2) is 14.8. The molecule has 0 unspecified atom stereocenters. The molecule has 0 saturated carbocycles. The molecule has 0 radical (unpaired) electrons. The van der Waals surface area contributed by atoms with Crippen LogP contribution in [0.3, 0.4) is 0 Å². The van der Waals surface area contributed by atoms with Crippen LogP contribution in [0.25, 0.3) is 0 Å². The van der Waals surface area contributed by atoms with Crippen molar-refractivity contribution < 1.29 is 22.8 Å². The predicted octanol–water partition coefficient (Wildman–Crippen LogP) is 2.31. The highest BCUT2D eigenvalue weighted by Gasteiger charge is 2.30. The Labute approximate surface area is 199 Å². The first-order valence-electron chi connectivity index (χ1n) is 10.2. The summed E-state index contributed by atoms with van der Waals surface area (Å²) >= 11 is 1.25. The number of pyridine rings is 1. The molecule has 0 aromatic carbocycles. The van der Waals surface area contributed by atoms with Crippen molar-refractivity contribution in [2.24, 2.45) is 11.5 Å². The number of aromatic nitrogens is 3. The number of nitrogens with one attached hydrogen (secondary N) is 2. The Bertz CT molecular complexity index is 991. The summed E-state index contributed by atoms with van der Waals surface area (Å²) in [7, 11) is 3.75. The number of carbonyl (C=O) groups excluding carboxylic acids is 2. The molecular weight excluding hydrogens is 471 g/mol. The van der Waals surface area contributed by atoms with Crippen LogP contribution >= 0.6 is 11.3 Å². The van der Waals surface area contributed by atoms with Crippen LogP contribution in [-0.4, -0.2) is 41.5 Å². The van der Waals surface area contributed by atoms with Gasteiger partial charge < -0.3 is 22.1 Å². The van der Waals surface area contributed by atoms with E-state index in [4.69, 9.17) is 11.5 Å². The predicted molar refractivity (Wildman–Crippen MR) is 123 cm³/mol. The molecule has 9 nitrogen and oxygen atoms in total. The third-order valence-electron chi connectivity index (χ3n) is 3.94. The lowest BCUT2D eigenvalue weighted by Gasteiger charge is -2.08. The Morgan fingerprint density at radius 2 is 1.88 bits per heavy atom. The van der Waals surface area contributed by atoms with Crippen LogP contribution in [0.5, 0.6) is 0 Å². The van der Waals surface area contributed by atoms with E-state index < -0.39 is 17.6 Å². The van der Waals surface area contributed by atoms with E-state index in [0.29, 0.717) is 29.8 Å². The molecule has 186 valence electrons. The van der Waals surface area contributed by atoms with Gasteiger partial charge in [-0.2, -0.15) is 13.2 Å². The quantitative estimate of drug-likeness (QED) is 0.221. The van der Waals surface area contributed by atoms with Crippen LogP contribution in [0, 0.1) is 0 Å². The molecule has 6 N–H and O–H groups in total. The molecule has 0 spiro atoms. The van der Waals surface area contributed by atoms with Gasteiger partial charge in [-0.1, -0.05) is 11.3 Å². The first kappa shape index (κ1) is 28.7. The summed E-state index contributed by atoms with van der Waals surface area (Å²) in [4.78, 5) is 26.3. The van der Waals surface area contributed by atoms with Gasteiger partial charge in [-0.25, -0.2) is 0 Å². The molecule has 0 fully saturated rings. The van der Waals surface area contributed by atoms with Gasteiger partial charge in [-0.05, 0) is 57.6 Å². The number of rotatable bonds is 10. The highest BCUT2D eigenvalue weighted by atomic mass is 32.1. The van der Waals surface area contributed by atoms with Crippen LogP contribution < -0.4 is 22.1 Å². The number of nitrogens with zero attached hydrogens (tertiary/aromatic N) is 3. The molecule has 1 amide bonds. The third-order valence-corrected chi connectivity index (χ3v) is 4.84. The van der Waals surface area contributed by atoms with Crippen molar-refractivity contribution in [3.05, 3.63) is 63.3 Å². The molecule has 2 rings (SSSR count). The zero-order chi connectivity index (χ0) is 25.6. The van der Waals surface area contributed by atoms with Crippen molar-refractivity contribution >= 4 is 23.5 Å². The minimum Gasteiger partial charge on any atom is -0.402 e. The number of halogens is 3. The first-order chi connectivity index (χ1) is 16.1. The third kappa shape index (κ3) is 11.5. The lowest BCUT2D eigenvalue weighted by molar-refractivity contribution is -0.137. The fourth-order valence-corrected chi connectivity index (χ4v) is 3.16. The molecule has 2 heterocycles. The summed E-state index contributed by atoms with van der Waals surface area (Å²) in [5, 5.41) is 13.9. The van der Waals surface area contributed by atoms with Crippen molar-refractivity contribution in [1.82, 2.24) is 25.8 Å². The summed E-state index contributed by atoms with van der Waals surface area (Å²) in [5.74, 6) is -0.588. The van der Waals surface area contributed by atoms with E-state index in [1.165, 1.54) is 17.4 Å². The summed E-state index contributed by atoms with van der Waals surface area (Å²) in [6, 6.07) is 1.65. The van der Waals surface area contributed by atoms with Crippen LogP contribution in [0.15, 0.2) is 42.0 Å². The Balaban J connectivity index is 0.00000182. The van der Waals surface area contributed by atoms with E-state index in [9.17, 15) is 22.8 Å². The molecule has 0 atom stereocenters. The van der Waals surface area contributed by atoms with E-state index in [-0.39, 0.29) is 17.9 Å². The number of nitrogens with two attached hydrogens (primary N) is 2. The average Bonchev–Trinajstić information content (AvgIpc) is 3.23. The normalized spacial score (nSPS) is 12.0. The number of aryl methyl sites for hydroxylation is 1. The summed E-state index contributed by atoms with van der Waals surface area (Å²) in [6.45, 7) is 0. The fraction of sp³-hybridized carbons (Fsp3) is 0.381. The van der Waals surface area contributed by atoms with E-state index in [2.05, 4.69) is 25.8 Å². The maximum atomic E-state index is 12.7. The highest BCUT2D eigenvalue weighted by Crippen LogP contribution is 2.29. The van der Waals surface area contributed by atoms with Crippen molar-refractivity contribution in [2.75, 3.05) is 14.1 Å². The molecule has 2 aromatic heterocycles. The topological polar surface area (TPSA) is 149 Å². The maximum absolute atomic E-state index is 12.7. The SMILES string of the molecule is CNC.N/C(=C\C=C(/N)NC(=O)Cc1cc(C(F)(F)F)ccn1)CCCCc1nnc(C=O)s1. The van der Waals surface area contributed by atoms with Gasteiger partial charge in [0.25, 0.3) is 0 Å². The largest absolute Gasteiger partial charge is 0.416 e. The van der Waals surface area contributed by atoms with Gasteiger partial charge in [0, 0.05) is 18.3 Å². The second-order valence-electron chi connectivity index (χ2n) is 6.98. The molecule has 34 heavy (non-hydrogen) atoms. The number of alkyl halides is 3. The molecule has 0 bridgehead atoms. The minimum atomic E-state index is -4.51. The van der Waals surface area contributed by atoms with E-state index in [0.717, 1.165) is 36.2 Å². The fourth-order valence-electron chi connectivity index (χ4n) is 2.46. The number of aldehydes is 1. The summed E-state index contributed by atoms with van der Waals surface area (Å²) < 4.78 is 38.1. The number of unbranched alkanes of at least 4 members (excludes halogenated alkanes) is 1. The van der Waals surface area contributed by atoms with Crippen LogP contribution in [-0.2, 0) is 23.8 Å². The van der Waals surface area contributed by atoms with Gasteiger partial charge >= 0.3 is 6.18 Å². The number of hydrogen-bond acceptors (Lipinski definition) is 9. The van der Waals surface area contributed by atoms with Crippen molar-refractivity contribution in [1.29, 1.82) is 0 Å². The maximum Gasteiger partial charge on any atom is 0.416 e. The van der Waals surface area contributed by atoms with E-state index >= 15 is 0 Å². The van der Waals surface area contributed by atoms with E-state index in [1.807, 2.05) is 14.1 Å². The van der Waals surface area contributed by atoms with Crippen molar-refractivity contribution in [3.8, 4) is 0 Å². The zero-order valence-corrected chi connectivity index (χ0v) is 19.7. The van der Waals surface area contributed by atoms with Crippen molar-refractivity contribution in [2.45, 2.75) is 38.3 Å². The summed E-state index contributed by atoms with van der Waals surface area (Å²) in [5.41, 5.74) is 11.3. The Kier molecular flexibility index (Phi) is 12.5. The van der Waals surface area contributed by atoms with Crippen LogP contribution in [0.1, 0.15) is 45.3 Å². The number of carbonyl (C=O) groups is 2. The van der Waals surface area contributed by atoms with E-state index in [1.54, 1.807) is 6.08 Å². The highest BCUT2D eigenvalue weighted by molar-refractivity contribution is 7.12. The molecule has 2 aromatic rings. The lowest BCUT2D eigenvalue weighted by Crippen LogP contribution is -2.29. The smallest absolute Gasteiger partial charge is 0.402 e. The lowest BCUT2D eigenvalue weighted by atomic mass is 10.1. The number of hydrogen-bond donors (Lipinski definition) is 4. The monoisotopic (exact) mass is 499 g/mol. The standard InChI is InChI=1S/C19H21F3N6O2S.C2H7N/c20-19(21,22)12-7-8-25-14(9-12)10-16(30)26-15(24)6-5-13(23)3-1-2-4-17-27-28-18(11-29)31-17;1-3-2/h5-9,11H,1-4,10,23-24H2,(H,26,30);3H,1-2H3/b13-5-,15-6+;. The molecule has 0 saturated heterocycles. The zero-order valence-electron chi connectivity index (χ0n) is 18.9. The number of allylic oxidation sites excluding steroid dienone is 3. The molecule has 13 heteroatoms. The van der Waals surface area contributed by atoms with Gasteiger partial charge in [-0.3, -0.25) is 14.6 Å². The number of amides is 1. The van der Waals surface area contributed by atoms with Gasteiger partial charge in [0.05, 0.1) is 17.7 Å². The minimum absolute atomic E-state index is 0.00942. The van der Waals surface area contributed by atoms with Gasteiger partial charge in [0.1, 0.15) is 10.8 Å². The first-order valence-corrected chi connectivity index (χ1v) is 11.0.